The van der Waals surface area contributed by atoms with Gasteiger partial charge in [0.05, 0.1) is 11.4 Å². The molecule has 0 bridgehead atoms. The number of benzene rings is 2. The van der Waals surface area contributed by atoms with Crippen molar-refractivity contribution in [3.8, 4) is 11.4 Å². The lowest BCUT2D eigenvalue weighted by molar-refractivity contribution is 0.0973. The summed E-state index contributed by atoms with van der Waals surface area (Å²) in [5, 5.41) is 8.92. The lowest BCUT2D eigenvalue weighted by Gasteiger charge is -2.27. The lowest BCUT2D eigenvalue weighted by atomic mass is 10.1. The van der Waals surface area contributed by atoms with Crippen molar-refractivity contribution in [2.45, 2.75) is 6.42 Å². The van der Waals surface area contributed by atoms with E-state index in [1.165, 1.54) is 10.7 Å². The van der Waals surface area contributed by atoms with E-state index in [2.05, 4.69) is 10.3 Å². The number of fused-ring (bicyclic) bond motifs is 1. The van der Waals surface area contributed by atoms with Crippen molar-refractivity contribution < 1.29 is 4.79 Å². The van der Waals surface area contributed by atoms with E-state index in [9.17, 15) is 9.59 Å². The van der Waals surface area contributed by atoms with Gasteiger partial charge in [0.1, 0.15) is 0 Å². The number of hydrogen-bond acceptors (Lipinski definition) is 4. The molecule has 4 aromatic rings. The molecule has 0 radical (unpaired) electrons. The van der Waals surface area contributed by atoms with Crippen molar-refractivity contribution in [2.24, 2.45) is 0 Å². The number of aromatic nitrogens is 4. The molecular weight excluding hydrogens is 402 g/mol. The van der Waals surface area contributed by atoms with Crippen LogP contribution in [0, 0.1) is 0 Å². The van der Waals surface area contributed by atoms with E-state index < -0.39 is 0 Å². The summed E-state index contributed by atoms with van der Waals surface area (Å²) in [6.45, 7) is 0.505. The van der Waals surface area contributed by atoms with Crippen LogP contribution in [0.3, 0.4) is 0 Å². The Morgan fingerprint density at radius 3 is 2.43 bits per heavy atom. The molecule has 1 aliphatic heterocycles. The predicted molar refractivity (Wildman–Crippen MR) is 114 cm³/mol. The Hall–Kier alpha value is -3.71. The Balaban J connectivity index is 1.49. The van der Waals surface area contributed by atoms with E-state index in [1.807, 2.05) is 30.3 Å². The molecule has 0 N–H and O–H groups in total. The first-order chi connectivity index (χ1) is 14.6. The number of hydrogen-bond donors (Lipinski definition) is 0. The molecule has 0 aliphatic carbocycles. The highest BCUT2D eigenvalue weighted by atomic mass is 35.5. The molecule has 7 nitrogen and oxygen atoms in total. The number of carbonyl (C=O) groups is 1. The number of anilines is 1. The van der Waals surface area contributed by atoms with Crippen LogP contribution in [0.15, 0.2) is 77.7 Å². The van der Waals surface area contributed by atoms with Crippen LogP contribution in [0.25, 0.3) is 11.4 Å². The first kappa shape index (κ1) is 18.3. The van der Waals surface area contributed by atoms with Crippen LogP contribution < -0.4 is 10.5 Å². The molecule has 0 atom stereocenters. The maximum Gasteiger partial charge on any atom is 0.278 e. The fraction of sp³-hybridized carbons (Fsp3) is 0.0909. The second kappa shape index (κ2) is 7.27. The second-order valence-electron chi connectivity index (χ2n) is 6.91. The Morgan fingerprint density at radius 1 is 0.867 bits per heavy atom. The van der Waals surface area contributed by atoms with E-state index in [-0.39, 0.29) is 11.5 Å². The minimum absolute atomic E-state index is 0.111. The van der Waals surface area contributed by atoms with Gasteiger partial charge in [-0.3, -0.25) is 14.2 Å². The fourth-order valence-corrected chi connectivity index (χ4v) is 3.80. The zero-order chi connectivity index (χ0) is 20.7. The van der Waals surface area contributed by atoms with E-state index in [0.29, 0.717) is 35.1 Å². The van der Waals surface area contributed by atoms with Gasteiger partial charge in [-0.25, -0.2) is 4.68 Å². The molecule has 8 heteroatoms. The van der Waals surface area contributed by atoms with Gasteiger partial charge < -0.3 is 4.90 Å². The Bertz CT molecular complexity index is 1310. The van der Waals surface area contributed by atoms with Gasteiger partial charge in [0, 0.05) is 41.6 Å². The molecule has 148 valence electrons. The van der Waals surface area contributed by atoms with Crippen LogP contribution >= 0.6 is 11.6 Å². The Kier molecular flexibility index (Phi) is 4.44. The SMILES string of the molecule is O=C1c2c(nnn2-c2cccc(Cl)c2)CCN1c1ccc(-n2ccccc2=O)cc1. The summed E-state index contributed by atoms with van der Waals surface area (Å²) in [5.74, 6) is -0.175. The van der Waals surface area contributed by atoms with Gasteiger partial charge in [-0.2, -0.15) is 0 Å². The molecule has 0 fully saturated rings. The van der Waals surface area contributed by atoms with E-state index in [1.54, 1.807) is 46.0 Å². The topological polar surface area (TPSA) is 73.0 Å². The third-order valence-electron chi connectivity index (χ3n) is 5.07. The minimum Gasteiger partial charge on any atom is -0.307 e. The third-order valence-corrected chi connectivity index (χ3v) is 5.31. The smallest absolute Gasteiger partial charge is 0.278 e. The molecule has 0 saturated heterocycles. The normalized spacial score (nSPS) is 13.4. The summed E-state index contributed by atoms with van der Waals surface area (Å²) < 4.78 is 3.09. The van der Waals surface area contributed by atoms with Crippen LogP contribution in [0.4, 0.5) is 5.69 Å². The van der Waals surface area contributed by atoms with Gasteiger partial charge in [-0.1, -0.05) is 28.9 Å². The minimum atomic E-state index is -0.175. The van der Waals surface area contributed by atoms with Gasteiger partial charge in [0.2, 0.25) is 0 Å². The van der Waals surface area contributed by atoms with Crippen molar-refractivity contribution in [3.63, 3.8) is 0 Å². The van der Waals surface area contributed by atoms with Crippen LogP contribution in [0.2, 0.25) is 5.02 Å². The van der Waals surface area contributed by atoms with Crippen molar-refractivity contribution in [1.82, 2.24) is 19.6 Å². The number of rotatable bonds is 3. The number of amides is 1. The van der Waals surface area contributed by atoms with Gasteiger partial charge >= 0.3 is 0 Å². The van der Waals surface area contributed by atoms with Crippen LogP contribution in [-0.4, -0.2) is 32.0 Å². The van der Waals surface area contributed by atoms with Crippen molar-refractivity contribution in [3.05, 3.63) is 99.7 Å². The van der Waals surface area contributed by atoms with Gasteiger partial charge in [0.25, 0.3) is 11.5 Å². The molecule has 0 spiro atoms. The fourth-order valence-electron chi connectivity index (χ4n) is 3.61. The maximum absolute atomic E-state index is 13.3. The summed E-state index contributed by atoms with van der Waals surface area (Å²) >= 11 is 6.10. The van der Waals surface area contributed by atoms with Crippen molar-refractivity contribution in [2.75, 3.05) is 11.4 Å². The molecular formula is C22H16ClN5O2. The number of nitrogens with zero attached hydrogens (tertiary/aromatic N) is 5. The maximum atomic E-state index is 13.3. The van der Waals surface area contributed by atoms with Gasteiger partial charge in [0.15, 0.2) is 5.69 Å². The standard InChI is InChI=1S/C22H16ClN5O2/c23-15-4-3-5-18(14-15)28-21-19(24-25-28)11-13-27(22(21)30)17-9-7-16(8-10-17)26-12-2-1-6-20(26)29/h1-10,12,14H,11,13H2. The first-order valence-corrected chi connectivity index (χ1v) is 9.80. The number of carbonyl (C=O) groups excluding carboxylic acids is 1. The highest BCUT2D eigenvalue weighted by Gasteiger charge is 2.31. The molecule has 2 aromatic heterocycles. The van der Waals surface area contributed by atoms with Gasteiger partial charge in [-0.15, -0.1) is 5.10 Å². The van der Waals surface area contributed by atoms with Crippen LogP contribution in [0.5, 0.6) is 0 Å². The Morgan fingerprint density at radius 2 is 1.67 bits per heavy atom. The lowest BCUT2D eigenvalue weighted by Crippen LogP contribution is -2.38. The average molecular weight is 418 g/mol. The number of pyridine rings is 1. The molecule has 2 aromatic carbocycles. The predicted octanol–water partition coefficient (Wildman–Crippen LogP) is 3.27. The molecule has 5 rings (SSSR count). The van der Waals surface area contributed by atoms with E-state index in [0.717, 1.165) is 11.4 Å². The summed E-state index contributed by atoms with van der Waals surface area (Å²) in [6, 6.07) is 19.5. The average Bonchev–Trinajstić information content (AvgIpc) is 3.20. The van der Waals surface area contributed by atoms with Crippen LogP contribution in [-0.2, 0) is 6.42 Å². The quantitative estimate of drug-likeness (QED) is 0.513. The highest BCUT2D eigenvalue weighted by molar-refractivity contribution is 6.30. The van der Waals surface area contributed by atoms with E-state index >= 15 is 0 Å². The zero-order valence-electron chi connectivity index (χ0n) is 15.8. The summed E-state index contributed by atoms with van der Waals surface area (Å²) in [5.41, 5.74) is 3.17. The highest BCUT2D eigenvalue weighted by Crippen LogP contribution is 2.26. The van der Waals surface area contributed by atoms with Crippen molar-refractivity contribution in [1.29, 1.82) is 0 Å². The third kappa shape index (κ3) is 3.09. The molecule has 0 unspecified atom stereocenters. The largest absolute Gasteiger partial charge is 0.307 e. The monoisotopic (exact) mass is 417 g/mol. The summed E-state index contributed by atoms with van der Waals surface area (Å²) in [6.07, 6.45) is 2.31. The molecule has 0 saturated carbocycles. The van der Waals surface area contributed by atoms with E-state index in [4.69, 9.17) is 11.6 Å². The van der Waals surface area contributed by atoms with Crippen LogP contribution in [0.1, 0.15) is 16.2 Å². The molecule has 1 amide bonds. The Labute approximate surface area is 176 Å². The molecule has 1 aliphatic rings. The summed E-state index contributed by atoms with van der Waals surface area (Å²) in [7, 11) is 0. The van der Waals surface area contributed by atoms with Crippen molar-refractivity contribution >= 4 is 23.2 Å². The molecule has 3 heterocycles. The van der Waals surface area contributed by atoms with Gasteiger partial charge in [-0.05, 0) is 48.5 Å². The molecule has 30 heavy (non-hydrogen) atoms. The second-order valence-corrected chi connectivity index (χ2v) is 7.34. The summed E-state index contributed by atoms with van der Waals surface area (Å²) in [4.78, 5) is 27.0. The number of halogens is 1. The first-order valence-electron chi connectivity index (χ1n) is 9.42. The zero-order valence-corrected chi connectivity index (χ0v) is 16.5.